The lowest BCUT2D eigenvalue weighted by Crippen LogP contribution is -2.48. The predicted molar refractivity (Wildman–Crippen MR) is 88.5 cm³/mol. The summed E-state index contributed by atoms with van der Waals surface area (Å²) < 4.78 is 29.0. The van der Waals surface area contributed by atoms with Gasteiger partial charge in [-0.25, -0.2) is 4.72 Å². The first-order valence-electron chi connectivity index (χ1n) is 8.26. The molecule has 0 amide bonds. The molecule has 1 aliphatic heterocycles. The summed E-state index contributed by atoms with van der Waals surface area (Å²) in [6.07, 6.45) is 4.01. The first-order chi connectivity index (χ1) is 9.80. The lowest BCUT2D eigenvalue weighted by molar-refractivity contribution is 0.262. The van der Waals surface area contributed by atoms with E-state index in [4.69, 9.17) is 0 Å². The van der Waals surface area contributed by atoms with Crippen molar-refractivity contribution in [1.82, 2.24) is 14.3 Å². The monoisotopic (exact) mass is 319 g/mol. The van der Waals surface area contributed by atoms with Crippen molar-refractivity contribution in [2.45, 2.75) is 53.4 Å². The van der Waals surface area contributed by atoms with E-state index >= 15 is 0 Å². The number of nitrogens with zero attached hydrogens (tertiary/aromatic N) is 1. The SMILES string of the molecule is CCCNCC1CCN(S(=O)(=O)NCC(C)(C)CC)CC1. The standard InChI is InChI=1S/C15H33N3O2S/c1-5-9-16-12-14-7-10-18(11-8-14)21(19,20)17-13-15(3,4)6-2/h14,16-17H,5-13H2,1-4H3. The molecular formula is C15H33N3O2S. The fourth-order valence-corrected chi connectivity index (χ4v) is 3.79. The molecule has 6 heteroatoms. The topological polar surface area (TPSA) is 61.4 Å². The van der Waals surface area contributed by atoms with Crippen LogP contribution in [0.25, 0.3) is 0 Å². The van der Waals surface area contributed by atoms with Gasteiger partial charge in [-0.15, -0.1) is 0 Å². The minimum atomic E-state index is -3.31. The van der Waals surface area contributed by atoms with E-state index in [0.29, 0.717) is 25.6 Å². The van der Waals surface area contributed by atoms with Gasteiger partial charge in [0.2, 0.25) is 0 Å². The summed E-state index contributed by atoms with van der Waals surface area (Å²) in [6.45, 7) is 12.3. The third-order valence-corrected chi connectivity index (χ3v) is 6.02. The summed E-state index contributed by atoms with van der Waals surface area (Å²) in [5.74, 6) is 0.607. The van der Waals surface area contributed by atoms with Crippen molar-refractivity contribution in [3.05, 3.63) is 0 Å². The molecule has 0 atom stereocenters. The zero-order valence-corrected chi connectivity index (χ0v) is 14.9. The van der Waals surface area contributed by atoms with Crippen molar-refractivity contribution in [1.29, 1.82) is 0 Å². The van der Waals surface area contributed by atoms with E-state index in [2.05, 4.69) is 37.7 Å². The maximum atomic E-state index is 12.3. The van der Waals surface area contributed by atoms with Crippen molar-refractivity contribution in [2.24, 2.45) is 11.3 Å². The lowest BCUT2D eigenvalue weighted by Gasteiger charge is -2.32. The predicted octanol–water partition coefficient (Wildman–Crippen LogP) is 1.97. The maximum absolute atomic E-state index is 12.3. The van der Waals surface area contributed by atoms with Crippen molar-refractivity contribution in [2.75, 3.05) is 32.7 Å². The average Bonchev–Trinajstić information content (AvgIpc) is 2.46. The van der Waals surface area contributed by atoms with Gasteiger partial charge >= 0.3 is 0 Å². The van der Waals surface area contributed by atoms with E-state index < -0.39 is 10.2 Å². The highest BCUT2D eigenvalue weighted by molar-refractivity contribution is 7.87. The van der Waals surface area contributed by atoms with Gasteiger partial charge in [0.25, 0.3) is 10.2 Å². The first-order valence-corrected chi connectivity index (χ1v) is 9.70. The van der Waals surface area contributed by atoms with Gasteiger partial charge in [-0.2, -0.15) is 12.7 Å². The van der Waals surface area contributed by atoms with E-state index in [-0.39, 0.29) is 5.41 Å². The molecule has 0 aromatic heterocycles. The Balaban J connectivity index is 2.38. The highest BCUT2D eigenvalue weighted by Gasteiger charge is 2.29. The van der Waals surface area contributed by atoms with E-state index in [1.165, 1.54) is 0 Å². The zero-order chi connectivity index (χ0) is 15.9. The number of hydrogen-bond acceptors (Lipinski definition) is 3. The Morgan fingerprint density at radius 1 is 1.19 bits per heavy atom. The summed E-state index contributed by atoms with van der Waals surface area (Å²) >= 11 is 0. The van der Waals surface area contributed by atoms with Crippen molar-refractivity contribution < 1.29 is 8.42 Å². The van der Waals surface area contributed by atoms with Gasteiger partial charge in [-0.1, -0.05) is 27.7 Å². The molecule has 1 aliphatic rings. The molecule has 0 radical (unpaired) electrons. The molecule has 0 aromatic rings. The molecule has 1 heterocycles. The fourth-order valence-electron chi connectivity index (χ4n) is 2.34. The molecule has 1 rings (SSSR count). The molecule has 0 aliphatic carbocycles. The molecule has 1 saturated heterocycles. The quantitative estimate of drug-likeness (QED) is 0.639. The number of nitrogens with one attached hydrogen (secondary N) is 2. The van der Waals surface area contributed by atoms with Crippen LogP contribution in [0, 0.1) is 11.3 Å². The Labute approximate surface area is 131 Å². The highest BCUT2D eigenvalue weighted by atomic mass is 32.2. The second kappa shape index (κ2) is 8.46. The molecule has 0 aromatic carbocycles. The Morgan fingerprint density at radius 2 is 1.81 bits per heavy atom. The van der Waals surface area contributed by atoms with Crippen LogP contribution in [-0.4, -0.2) is 45.4 Å². The molecular weight excluding hydrogens is 286 g/mol. The smallest absolute Gasteiger partial charge is 0.279 e. The Morgan fingerprint density at radius 3 is 2.33 bits per heavy atom. The van der Waals surface area contributed by atoms with E-state index in [9.17, 15) is 8.42 Å². The van der Waals surface area contributed by atoms with E-state index in [1.54, 1.807) is 4.31 Å². The summed E-state index contributed by atoms with van der Waals surface area (Å²) in [7, 11) is -3.31. The third kappa shape index (κ3) is 6.63. The highest BCUT2D eigenvalue weighted by Crippen LogP contribution is 2.21. The van der Waals surface area contributed by atoms with Crippen molar-refractivity contribution >= 4 is 10.2 Å². The molecule has 0 unspecified atom stereocenters. The molecule has 1 fully saturated rings. The van der Waals surface area contributed by atoms with E-state index in [1.807, 2.05) is 0 Å². The Hall–Kier alpha value is -0.170. The van der Waals surface area contributed by atoms with Crippen LogP contribution in [0.1, 0.15) is 53.4 Å². The molecule has 5 nitrogen and oxygen atoms in total. The maximum Gasteiger partial charge on any atom is 0.279 e. The Kier molecular flexibility index (Phi) is 7.60. The van der Waals surface area contributed by atoms with Gasteiger partial charge in [-0.05, 0) is 50.1 Å². The van der Waals surface area contributed by atoms with Crippen LogP contribution in [0.15, 0.2) is 0 Å². The zero-order valence-electron chi connectivity index (χ0n) is 14.1. The molecule has 21 heavy (non-hydrogen) atoms. The van der Waals surface area contributed by atoms with Gasteiger partial charge in [0.05, 0.1) is 0 Å². The van der Waals surface area contributed by atoms with Crippen LogP contribution in [0.3, 0.4) is 0 Å². The molecule has 126 valence electrons. The van der Waals surface area contributed by atoms with Gasteiger partial charge < -0.3 is 5.32 Å². The largest absolute Gasteiger partial charge is 0.316 e. The third-order valence-electron chi connectivity index (χ3n) is 4.46. The first kappa shape index (κ1) is 18.9. The average molecular weight is 320 g/mol. The van der Waals surface area contributed by atoms with Gasteiger partial charge in [0.1, 0.15) is 0 Å². The number of rotatable bonds is 9. The van der Waals surface area contributed by atoms with Gasteiger partial charge in [-0.3, -0.25) is 0 Å². The Bertz CT molecular complexity index is 388. The van der Waals surface area contributed by atoms with Crippen LogP contribution < -0.4 is 10.0 Å². The fraction of sp³-hybridized carbons (Fsp3) is 1.00. The summed E-state index contributed by atoms with van der Waals surface area (Å²) in [5, 5.41) is 3.43. The molecule has 0 spiro atoms. The van der Waals surface area contributed by atoms with Crippen LogP contribution in [0.4, 0.5) is 0 Å². The second-order valence-electron chi connectivity index (χ2n) is 6.89. The minimum Gasteiger partial charge on any atom is -0.316 e. The van der Waals surface area contributed by atoms with Crippen LogP contribution in [-0.2, 0) is 10.2 Å². The van der Waals surface area contributed by atoms with Crippen molar-refractivity contribution in [3.8, 4) is 0 Å². The molecule has 2 N–H and O–H groups in total. The van der Waals surface area contributed by atoms with Crippen LogP contribution in [0.2, 0.25) is 0 Å². The summed E-state index contributed by atoms with van der Waals surface area (Å²) in [5.41, 5.74) is 0.00939. The number of hydrogen-bond donors (Lipinski definition) is 2. The normalized spacial score (nSPS) is 19.0. The van der Waals surface area contributed by atoms with E-state index in [0.717, 1.165) is 38.8 Å². The van der Waals surface area contributed by atoms with Crippen molar-refractivity contribution in [3.63, 3.8) is 0 Å². The number of piperidine rings is 1. The van der Waals surface area contributed by atoms with Crippen LogP contribution >= 0.6 is 0 Å². The second-order valence-corrected chi connectivity index (χ2v) is 8.65. The molecule has 0 saturated carbocycles. The summed E-state index contributed by atoms with van der Waals surface area (Å²) in [4.78, 5) is 0. The minimum absolute atomic E-state index is 0.00939. The lowest BCUT2D eigenvalue weighted by atomic mass is 9.91. The molecule has 0 bridgehead atoms. The van der Waals surface area contributed by atoms with Gasteiger partial charge in [0, 0.05) is 19.6 Å². The van der Waals surface area contributed by atoms with Crippen LogP contribution in [0.5, 0.6) is 0 Å². The summed E-state index contributed by atoms with van der Waals surface area (Å²) in [6, 6.07) is 0. The van der Waals surface area contributed by atoms with Gasteiger partial charge in [0.15, 0.2) is 0 Å².